The second kappa shape index (κ2) is 30.2. The van der Waals surface area contributed by atoms with E-state index in [2.05, 4.69) is 32.0 Å². The van der Waals surface area contributed by atoms with Crippen molar-refractivity contribution in [2.45, 2.75) is 59.8 Å². The van der Waals surface area contributed by atoms with Gasteiger partial charge in [0.15, 0.2) is 11.5 Å². The number of rotatable bonds is 20. The van der Waals surface area contributed by atoms with Gasteiger partial charge in [-0.05, 0) is 88.8 Å². The van der Waals surface area contributed by atoms with Gasteiger partial charge in [-0.2, -0.15) is 0 Å². The summed E-state index contributed by atoms with van der Waals surface area (Å²) in [5, 5.41) is 13.8. The standard InChI is InChI=1S/C22H21Cl4NO3S.C14H15BrCl4O2.C8H7NOS.CH4/c1-14-27-19-13-15(5-6-20(19)31-14)28-8-3-2-4-9-30-22-17(23)11-16(12-18(22)24)29-10-7-21(25)26;15-5-2-1-3-6-21-14-11(16)8-10(9-12(14)17)20-7-4-13(18)19;1-5-9-7-4-6(10)2-3-8(7)11-5;/h5-7,11-13H,2-4,8-10H2,1H3;4,8-9H,1-3,5-7H2;2-4,10H,1H3;1H4. The number of thiazole rings is 2. The van der Waals surface area contributed by atoms with Gasteiger partial charge in [0.1, 0.15) is 45.2 Å². The summed E-state index contributed by atoms with van der Waals surface area (Å²) in [6.45, 7) is 6.15. The number of unbranched alkanes of at least 4 members (excludes halogenated alkanes) is 4. The molecular formula is C45H47BrCl8N2O6S2. The van der Waals surface area contributed by atoms with Crippen molar-refractivity contribution in [3.05, 3.63) is 112 Å². The fraction of sp³-hybridized carbons (Fsp3) is 0.333. The Balaban J connectivity index is 0.000000283. The van der Waals surface area contributed by atoms with Crippen LogP contribution in [0.1, 0.15) is 56.0 Å². The van der Waals surface area contributed by atoms with Gasteiger partial charge in [0.05, 0.1) is 70.4 Å². The highest BCUT2D eigenvalue weighted by Gasteiger charge is 2.12. The molecule has 0 aliphatic heterocycles. The lowest BCUT2D eigenvalue weighted by atomic mass is 10.2. The lowest BCUT2D eigenvalue weighted by molar-refractivity contribution is 0.279. The zero-order valence-corrected chi connectivity index (χ0v) is 43.3. The SMILES string of the molecule is C.Cc1nc2cc(O)ccc2s1.Cc1nc2cc(OCCCCCOc3c(Cl)cc(OCC=C(Cl)Cl)cc3Cl)ccc2s1.ClC(Cl)=CCOc1cc(Cl)c(OCCCCCBr)c(Cl)c1. The van der Waals surface area contributed by atoms with Crippen LogP contribution in [0.2, 0.25) is 20.1 Å². The molecule has 2 aromatic heterocycles. The molecule has 0 radical (unpaired) electrons. The van der Waals surface area contributed by atoms with Gasteiger partial charge >= 0.3 is 0 Å². The second-order valence-corrected chi connectivity index (χ2v) is 20.1. The van der Waals surface area contributed by atoms with Crippen LogP contribution >= 0.6 is 131 Å². The Morgan fingerprint density at radius 1 is 0.562 bits per heavy atom. The third-order valence-corrected chi connectivity index (χ3v) is 12.4. The van der Waals surface area contributed by atoms with E-state index < -0.39 is 0 Å². The first-order valence-corrected chi connectivity index (χ1v) is 25.1. The van der Waals surface area contributed by atoms with E-state index in [0.29, 0.717) is 62.9 Å². The van der Waals surface area contributed by atoms with Crippen LogP contribution in [0.3, 0.4) is 0 Å². The first-order valence-electron chi connectivity index (χ1n) is 19.4. The number of ether oxygens (including phenoxy) is 5. The zero-order valence-electron chi connectivity index (χ0n) is 34.0. The molecule has 0 aliphatic carbocycles. The van der Waals surface area contributed by atoms with Gasteiger partial charge in [0.25, 0.3) is 0 Å². The number of aromatic hydroxyl groups is 1. The number of nitrogens with zero attached hydrogens (tertiary/aromatic N) is 2. The lowest BCUT2D eigenvalue weighted by Gasteiger charge is -2.12. The minimum atomic E-state index is 0. The number of hydrogen-bond donors (Lipinski definition) is 1. The van der Waals surface area contributed by atoms with Crippen molar-refractivity contribution >= 4 is 152 Å². The molecular weight excluding hydrogens is 1090 g/mol. The Morgan fingerprint density at radius 3 is 1.44 bits per heavy atom. The fourth-order valence-corrected chi connectivity index (χ4v) is 8.77. The molecule has 0 aliphatic rings. The lowest BCUT2D eigenvalue weighted by Crippen LogP contribution is -2.02. The van der Waals surface area contributed by atoms with Crippen molar-refractivity contribution in [3.8, 4) is 34.5 Å². The summed E-state index contributed by atoms with van der Waals surface area (Å²) in [6.07, 6.45) is 8.95. The number of aryl methyl sites for hydroxylation is 2. The number of phenols is 1. The van der Waals surface area contributed by atoms with Gasteiger partial charge in [-0.1, -0.05) is 116 Å². The van der Waals surface area contributed by atoms with Crippen LogP contribution in [-0.2, 0) is 0 Å². The minimum absolute atomic E-state index is 0. The molecule has 0 fully saturated rings. The van der Waals surface area contributed by atoms with Crippen molar-refractivity contribution in [1.82, 2.24) is 9.97 Å². The monoisotopic (exact) mass is 1130 g/mol. The molecule has 0 spiro atoms. The minimum Gasteiger partial charge on any atom is -0.508 e. The Bertz CT molecular complexity index is 2380. The molecule has 6 rings (SSSR count). The van der Waals surface area contributed by atoms with Gasteiger partial charge < -0.3 is 28.8 Å². The van der Waals surface area contributed by atoms with E-state index >= 15 is 0 Å². The summed E-state index contributed by atoms with van der Waals surface area (Å²) in [4.78, 5) is 8.72. The molecule has 2 heterocycles. The smallest absolute Gasteiger partial charge is 0.156 e. The van der Waals surface area contributed by atoms with Crippen LogP contribution in [0.5, 0.6) is 34.5 Å². The van der Waals surface area contributed by atoms with Gasteiger partial charge in [-0.25, -0.2) is 9.97 Å². The summed E-state index contributed by atoms with van der Waals surface area (Å²) >= 11 is 53.6. The van der Waals surface area contributed by atoms with Crippen LogP contribution < -0.4 is 23.7 Å². The maximum atomic E-state index is 9.10. The molecule has 0 saturated carbocycles. The van der Waals surface area contributed by atoms with Crippen LogP contribution in [0.4, 0.5) is 0 Å². The second-order valence-electron chi connectivity index (χ2n) is 13.1. The van der Waals surface area contributed by atoms with Crippen LogP contribution in [-0.4, -0.2) is 53.4 Å². The van der Waals surface area contributed by atoms with Crippen molar-refractivity contribution in [2.24, 2.45) is 0 Å². The predicted molar refractivity (Wildman–Crippen MR) is 279 cm³/mol. The van der Waals surface area contributed by atoms with Gasteiger partial charge in [-0.15, -0.1) is 22.7 Å². The summed E-state index contributed by atoms with van der Waals surface area (Å²) in [5.74, 6) is 3.10. The maximum absolute atomic E-state index is 9.10. The molecule has 0 amide bonds. The van der Waals surface area contributed by atoms with Gasteiger partial charge in [0, 0.05) is 41.7 Å². The first kappa shape index (κ1) is 56.1. The summed E-state index contributed by atoms with van der Waals surface area (Å²) in [5.41, 5.74) is 1.87. The topological polar surface area (TPSA) is 92.2 Å². The van der Waals surface area contributed by atoms with Crippen LogP contribution in [0.15, 0.2) is 81.8 Å². The van der Waals surface area contributed by atoms with Crippen molar-refractivity contribution in [3.63, 3.8) is 0 Å². The summed E-state index contributed by atoms with van der Waals surface area (Å²) in [6, 6.07) is 17.9. The normalized spacial score (nSPS) is 10.5. The fourth-order valence-electron chi connectivity index (χ4n) is 5.35. The Morgan fingerprint density at radius 2 is 0.984 bits per heavy atom. The number of aromatic nitrogens is 2. The average Bonchev–Trinajstić information content (AvgIpc) is 3.78. The highest BCUT2D eigenvalue weighted by atomic mass is 79.9. The molecule has 6 aromatic rings. The van der Waals surface area contributed by atoms with Gasteiger partial charge in [0.2, 0.25) is 0 Å². The third-order valence-electron chi connectivity index (χ3n) is 8.19. The van der Waals surface area contributed by atoms with E-state index in [9.17, 15) is 0 Å². The molecule has 4 aromatic carbocycles. The Hall–Kier alpha value is -2.26. The van der Waals surface area contributed by atoms with E-state index in [1.54, 1.807) is 59.1 Å². The van der Waals surface area contributed by atoms with E-state index in [-0.39, 0.29) is 35.4 Å². The van der Waals surface area contributed by atoms with Gasteiger partial charge in [-0.3, -0.25) is 0 Å². The molecule has 64 heavy (non-hydrogen) atoms. The molecule has 8 nitrogen and oxygen atoms in total. The number of fused-ring (bicyclic) bond motifs is 2. The number of hydrogen-bond acceptors (Lipinski definition) is 10. The molecule has 0 atom stereocenters. The Labute approximate surface area is 431 Å². The van der Waals surface area contributed by atoms with Crippen LogP contribution in [0.25, 0.3) is 20.4 Å². The molecule has 0 unspecified atom stereocenters. The number of alkyl halides is 1. The molecule has 0 saturated heterocycles. The average molecular weight is 1140 g/mol. The van der Waals surface area contributed by atoms with Crippen molar-refractivity contribution in [2.75, 3.05) is 38.4 Å². The number of phenolic OH excluding ortho intramolecular Hbond substituents is 1. The first-order chi connectivity index (χ1) is 30.2. The highest BCUT2D eigenvalue weighted by Crippen LogP contribution is 2.38. The van der Waals surface area contributed by atoms with E-state index in [4.69, 9.17) is 122 Å². The highest BCUT2D eigenvalue weighted by molar-refractivity contribution is 9.09. The van der Waals surface area contributed by atoms with E-state index in [1.807, 2.05) is 32.0 Å². The summed E-state index contributed by atoms with van der Waals surface area (Å²) in [7, 11) is 0. The van der Waals surface area contributed by atoms with Crippen molar-refractivity contribution in [1.29, 1.82) is 0 Å². The van der Waals surface area contributed by atoms with E-state index in [1.165, 1.54) is 16.9 Å². The zero-order chi connectivity index (χ0) is 45.7. The number of halogens is 9. The molecule has 348 valence electrons. The Kier molecular flexibility index (Phi) is 26.4. The molecule has 19 heteroatoms. The third kappa shape index (κ3) is 20.3. The largest absolute Gasteiger partial charge is 0.508 e. The maximum Gasteiger partial charge on any atom is 0.156 e. The van der Waals surface area contributed by atoms with E-state index in [0.717, 1.165) is 75.4 Å². The summed E-state index contributed by atoms with van der Waals surface area (Å²) < 4.78 is 30.7. The molecule has 1 N–H and O–H groups in total. The molecule has 0 bridgehead atoms. The van der Waals surface area contributed by atoms with Crippen molar-refractivity contribution < 1.29 is 28.8 Å². The number of benzene rings is 4. The van der Waals surface area contributed by atoms with Crippen LogP contribution in [0, 0.1) is 13.8 Å². The predicted octanol–water partition coefficient (Wildman–Crippen LogP) is 17.8. The quantitative estimate of drug-likeness (QED) is 0.0597.